The number of amides is 1. The van der Waals surface area contributed by atoms with Gasteiger partial charge in [-0.3, -0.25) is 9.59 Å². The maximum absolute atomic E-state index is 11.6. The third kappa shape index (κ3) is 2.52. The zero-order valence-electron chi connectivity index (χ0n) is 11.4. The third-order valence-corrected chi connectivity index (χ3v) is 4.39. The number of hydrogen-bond donors (Lipinski definition) is 1. The van der Waals surface area contributed by atoms with Gasteiger partial charge in [0, 0.05) is 12.4 Å². The zero-order chi connectivity index (χ0) is 15.1. The van der Waals surface area contributed by atoms with Crippen LogP contribution in [0.25, 0.3) is 0 Å². The highest BCUT2D eigenvalue weighted by Crippen LogP contribution is 2.35. The molecule has 3 rings (SSSR count). The van der Waals surface area contributed by atoms with Crippen LogP contribution in [0.2, 0.25) is 5.02 Å². The molecule has 2 heterocycles. The van der Waals surface area contributed by atoms with Gasteiger partial charge in [0.15, 0.2) is 0 Å². The second-order valence-corrected chi connectivity index (χ2v) is 6.32. The number of carbonyl (C=O) groups is 2. The lowest BCUT2D eigenvalue weighted by molar-refractivity contribution is -0.112. The predicted octanol–water partition coefficient (Wildman–Crippen LogP) is 2.88. The van der Waals surface area contributed by atoms with Crippen LogP contribution in [0.1, 0.15) is 21.1 Å². The van der Waals surface area contributed by atoms with Gasteiger partial charge in [0.2, 0.25) is 0 Å². The minimum Gasteiger partial charge on any atom is -0.367 e. The van der Waals surface area contributed by atoms with Crippen molar-refractivity contribution in [3.63, 3.8) is 0 Å². The quantitative estimate of drug-likeness (QED) is 0.883. The number of hydrogen-bond acceptors (Lipinski definition) is 5. The van der Waals surface area contributed by atoms with Crippen LogP contribution >= 0.6 is 22.9 Å². The molecule has 5 nitrogen and oxygen atoms in total. The molecular weight excluding hydrogens is 310 g/mol. The molecule has 108 valence electrons. The second kappa shape index (κ2) is 5.13. The lowest BCUT2D eigenvalue weighted by Crippen LogP contribution is -2.17. The van der Waals surface area contributed by atoms with Crippen molar-refractivity contribution in [3.05, 3.63) is 38.8 Å². The number of Topliss-reactive ketones (excluding diaryl/α,β-unsaturated/α-hetero) is 1. The number of anilines is 2. The first-order valence-corrected chi connectivity index (χ1v) is 7.53. The molecule has 1 aromatic carbocycles. The Morgan fingerprint density at radius 2 is 2.14 bits per heavy atom. The van der Waals surface area contributed by atoms with Crippen LogP contribution in [-0.4, -0.2) is 23.7 Å². The summed E-state index contributed by atoms with van der Waals surface area (Å²) in [6, 6.07) is 3.26. The summed E-state index contributed by atoms with van der Waals surface area (Å²) in [7, 11) is 1.89. The number of aromatic nitrogens is 1. The Morgan fingerprint density at radius 3 is 2.81 bits per heavy atom. The second-order valence-electron chi connectivity index (χ2n) is 4.85. The lowest BCUT2D eigenvalue weighted by Gasteiger charge is -2.20. The van der Waals surface area contributed by atoms with Crippen molar-refractivity contribution in [2.24, 2.45) is 0 Å². The fourth-order valence-corrected chi connectivity index (χ4v) is 3.17. The van der Waals surface area contributed by atoms with Gasteiger partial charge in [0.05, 0.1) is 39.2 Å². The standard InChI is InChI=1S/C14H12ClN3O2S/c1-7-16-8(6-21-7)5-18(2)12-4-11-9(3-10(12)15)13(19)14(20)17-11/h3-4,6H,5H2,1-2H3,(H,17,19,20). The molecule has 0 bridgehead atoms. The van der Waals surface area contributed by atoms with Crippen molar-refractivity contribution >= 4 is 46.0 Å². The van der Waals surface area contributed by atoms with Crippen molar-refractivity contribution in [1.29, 1.82) is 0 Å². The molecular formula is C14H12ClN3O2S. The van der Waals surface area contributed by atoms with Crippen LogP contribution in [0.4, 0.5) is 11.4 Å². The van der Waals surface area contributed by atoms with Gasteiger partial charge in [-0.1, -0.05) is 11.6 Å². The summed E-state index contributed by atoms with van der Waals surface area (Å²) >= 11 is 7.83. The van der Waals surface area contributed by atoms with E-state index in [1.807, 2.05) is 24.3 Å². The van der Waals surface area contributed by atoms with Crippen LogP contribution in [-0.2, 0) is 11.3 Å². The molecule has 0 spiro atoms. The first-order chi connectivity index (χ1) is 9.95. The number of halogens is 1. The van der Waals surface area contributed by atoms with E-state index in [-0.39, 0.29) is 0 Å². The van der Waals surface area contributed by atoms with Crippen molar-refractivity contribution < 1.29 is 9.59 Å². The minimum atomic E-state index is -0.615. The monoisotopic (exact) mass is 321 g/mol. The molecule has 1 N–H and O–H groups in total. The maximum atomic E-state index is 11.6. The fourth-order valence-electron chi connectivity index (χ4n) is 2.26. The van der Waals surface area contributed by atoms with E-state index in [0.717, 1.165) is 16.4 Å². The van der Waals surface area contributed by atoms with Gasteiger partial charge in [-0.05, 0) is 19.1 Å². The number of carbonyl (C=O) groups excluding carboxylic acids is 2. The number of rotatable bonds is 3. The average molecular weight is 322 g/mol. The van der Waals surface area contributed by atoms with Crippen molar-refractivity contribution in [1.82, 2.24) is 4.98 Å². The molecule has 2 aromatic rings. The van der Waals surface area contributed by atoms with Gasteiger partial charge in [0.1, 0.15) is 0 Å². The Kier molecular flexibility index (Phi) is 3.43. The third-order valence-electron chi connectivity index (χ3n) is 3.26. The molecule has 0 atom stereocenters. The van der Waals surface area contributed by atoms with E-state index in [1.54, 1.807) is 17.4 Å². The molecule has 21 heavy (non-hydrogen) atoms. The Balaban J connectivity index is 1.91. The van der Waals surface area contributed by atoms with Crippen LogP contribution < -0.4 is 10.2 Å². The van der Waals surface area contributed by atoms with E-state index in [2.05, 4.69) is 10.3 Å². The zero-order valence-corrected chi connectivity index (χ0v) is 13.0. The molecule has 1 aliphatic rings. The van der Waals surface area contributed by atoms with Crippen LogP contribution in [0.15, 0.2) is 17.5 Å². The number of thiazole rings is 1. The number of benzene rings is 1. The summed E-state index contributed by atoms with van der Waals surface area (Å²) in [6.45, 7) is 2.56. The molecule has 0 aliphatic carbocycles. The van der Waals surface area contributed by atoms with Gasteiger partial charge in [-0.2, -0.15) is 0 Å². The Morgan fingerprint density at radius 1 is 1.38 bits per heavy atom. The molecule has 1 aliphatic heterocycles. The minimum absolute atomic E-state index is 0.326. The molecule has 1 aromatic heterocycles. The Bertz CT molecular complexity index is 757. The van der Waals surface area contributed by atoms with E-state index >= 15 is 0 Å². The predicted molar refractivity (Wildman–Crippen MR) is 83.4 cm³/mol. The highest BCUT2D eigenvalue weighted by Gasteiger charge is 2.29. The van der Waals surface area contributed by atoms with Gasteiger partial charge < -0.3 is 10.2 Å². The van der Waals surface area contributed by atoms with E-state index in [9.17, 15) is 9.59 Å². The van der Waals surface area contributed by atoms with Gasteiger partial charge in [-0.15, -0.1) is 11.3 Å². The maximum Gasteiger partial charge on any atom is 0.296 e. The van der Waals surface area contributed by atoms with E-state index in [0.29, 0.717) is 22.8 Å². The van der Waals surface area contributed by atoms with Crippen LogP contribution in [0.3, 0.4) is 0 Å². The fraction of sp³-hybridized carbons (Fsp3) is 0.214. The highest BCUT2D eigenvalue weighted by atomic mass is 35.5. The van der Waals surface area contributed by atoms with Gasteiger partial charge >= 0.3 is 0 Å². The topological polar surface area (TPSA) is 62.3 Å². The SMILES string of the molecule is Cc1nc(CN(C)c2cc3c(cc2Cl)C(=O)C(=O)N3)cs1. The van der Waals surface area contributed by atoms with Crippen molar-refractivity contribution in [2.75, 3.05) is 17.3 Å². The summed E-state index contributed by atoms with van der Waals surface area (Å²) in [5, 5.41) is 6.00. The summed E-state index contributed by atoms with van der Waals surface area (Å²) in [5.41, 5.74) is 2.53. The van der Waals surface area contributed by atoms with E-state index in [4.69, 9.17) is 11.6 Å². The largest absolute Gasteiger partial charge is 0.367 e. The normalized spacial score (nSPS) is 13.3. The number of aryl methyl sites for hydroxylation is 1. The molecule has 7 heteroatoms. The molecule has 0 radical (unpaired) electrons. The number of nitrogens with zero attached hydrogens (tertiary/aromatic N) is 2. The summed E-state index contributed by atoms with van der Waals surface area (Å²) in [6.07, 6.45) is 0. The summed E-state index contributed by atoms with van der Waals surface area (Å²) < 4.78 is 0. The van der Waals surface area contributed by atoms with Gasteiger partial charge in [-0.25, -0.2) is 4.98 Å². The molecule has 0 fully saturated rings. The van der Waals surface area contributed by atoms with Crippen LogP contribution in [0.5, 0.6) is 0 Å². The Hall–Kier alpha value is -1.92. The Labute approximate surface area is 130 Å². The molecule has 0 unspecified atom stereocenters. The van der Waals surface area contributed by atoms with Crippen LogP contribution in [0, 0.1) is 6.92 Å². The molecule has 1 amide bonds. The summed E-state index contributed by atoms with van der Waals surface area (Å²) in [5.74, 6) is -1.16. The first kappa shape index (κ1) is 14.0. The van der Waals surface area contributed by atoms with E-state index in [1.165, 1.54) is 6.07 Å². The van der Waals surface area contributed by atoms with Crippen molar-refractivity contribution in [2.45, 2.75) is 13.5 Å². The molecule has 0 saturated heterocycles. The number of fused-ring (bicyclic) bond motifs is 1. The number of ketones is 1. The first-order valence-electron chi connectivity index (χ1n) is 6.27. The van der Waals surface area contributed by atoms with E-state index < -0.39 is 11.7 Å². The average Bonchev–Trinajstić information content (AvgIpc) is 2.95. The van der Waals surface area contributed by atoms with Crippen molar-refractivity contribution in [3.8, 4) is 0 Å². The van der Waals surface area contributed by atoms with Gasteiger partial charge in [0.25, 0.3) is 11.7 Å². The summed E-state index contributed by atoms with van der Waals surface area (Å²) in [4.78, 5) is 29.4. The highest BCUT2D eigenvalue weighted by molar-refractivity contribution is 7.09. The number of nitrogens with one attached hydrogen (secondary N) is 1. The molecule has 0 saturated carbocycles. The lowest BCUT2D eigenvalue weighted by atomic mass is 10.1. The smallest absolute Gasteiger partial charge is 0.296 e.